The van der Waals surface area contributed by atoms with E-state index in [2.05, 4.69) is 13.8 Å². The van der Waals surface area contributed by atoms with Gasteiger partial charge >= 0.3 is 0 Å². The van der Waals surface area contributed by atoms with E-state index in [1.165, 1.54) is 5.56 Å². The highest BCUT2D eigenvalue weighted by Crippen LogP contribution is 2.15. The summed E-state index contributed by atoms with van der Waals surface area (Å²) >= 11 is 0. The summed E-state index contributed by atoms with van der Waals surface area (Å²) in [6.45, 7) is 4.26. The SMILES string of the molecule is CC(C)c1ccc([N])cc1. The molecule has 1 rings (SSSR count). The summed E-state index contributed by atoms with van der Waals surface area (Å²) in [5.74, 6) is 0.542. The van der Waals surface area contributed by atoms with Crippen molar-refractivity contribution in [1.29, 1.82) is 0 Å². The van der Waals surface area contributed by atoms with Crippen molar-refractivity contribution in [2.45, 2.75) is 19.8 Å². The first-order chi connectivity index (χ1) is 4.70. The smallest absolute Gasteiger partial charge is 0.0857 e. The van der Waals surface area contributed by atoms with Gasteiger partial charge in [-0.25, -0.2) is 0 Å². The summed E-state index contributed by atoms with van der Waals surface area (Å²) in [6, 6.07) is 7.32. The van der Waals surface area contributed by atoms with E-state index < -0.39 is 0 Å². The zero-order valence-electron chi connectivity index (χ0n) is 6.33. The molecule has 0 N–H and O–H groups in total. The minimum atomic E-state index is 0.337. The second kappa shape index (κ2) is 2.74. The van der Waals surface area contributed by atoms with Gasteiger partial charge in [-0.15, -0.1) is 0 Å². The van der Waals surface area contributed by atoms with Crippen LogP contribution < -0.4 is 5.73 Å². The highest BCUT2D eigenvalue weighted by atomic mass is 14.5. The number of rotatable bonds is 1. The molecule has 1 aromatic rings. The molecular weight excluding hydrogens is 122 g/mol. The van der Waals surface area contributed by atoms with Crippen LogP contribution in [-0.4, -0.2) is 0 Å². The van der Waals surface area contributed by atoms with Gasteiger partial charge in [0.15, 0.2) is 0 Å². The van der Waals surface area contributed by atoms with Gasteiger partial charge < -0.3 is 0 Å². The molecule has 0 aromatic heterocycles. The van der Waals surface area contributed by atoms with Crippen LogP contribution in [0, 0.1) is 0 Å². The van der Waals surface area contributed by atoms with Crippen LogP contribution in [0.25, 0.3) is 0 Å². The Morgan fingerprint density at radius 3 is 2.00 bits per heavy atom. The Kier molecular flexibility index (Phi) is 1.95. The Bertz CT molecular complexity index is 198. The van der Waals surface area contributed by atoms with E-state index in [0.717, 1.165) is 0 Å². The van der Waals surface area contributed by atoms with Crippen LogP contribution in [0.1, 0.15) is 25.3 Å². The number of nitrogens with zero attached hydrogens (tertiary/aromatic N) is 1. The average molecular weight is 133 g/mol. The summed E-state index contributed by atoms with van der Waals surface area (Å²) in [7, 11) is 0. The molecule has 0 heterocycles. The molecule has 0 bridgehead atoms. The highest BCUT2D eigenvalue weighted by Gasteiger charge is 1.96. The predicted octanol–water partition coefficient (Wildman–Crippen LogP) is 2.51. The minimum Gasteiger partial charge on any atom is -0.151 e. The van der Waals surface area contributed by atoms with E-state index in [0.29, 0.717) is 11.6 Å². The zero-order valence-corrected chi connectivity index (χ0v) is 6.33. The van der Waals surface area contributed by atoms with Crippen molar-refractivity contribution in [3.05, 3.63) is 29.8 Å². The van der Waals surface area contributed by atoms with E-state index in [4.69, 9.17) is 5.73 Å². The van der Waals surface area contributed by atoms with Crippen molar-refractivity contribution in [2.75, 3.05) is 0 Å². The fourth-order valence-electron chi connectivity index (χ4n) is 0.859. The molecule has 0 atom stereocenters. The van der Waals surface area contributed by atoms with E-state index in [1.807, 2.05) is 12.1 Å². The summed E-state index contributed by atoms with van der Waals surface area (Å²) in [5.41, 5.74) is 10.5. The predicted molar refractivity (Wildman–Crippen MR) is 42.3 cm³/mol. The van der Waals surface area contributed by atoms with Gasteiger partial charge in [-0.3, -0.25) is 0 Å². The molecule has 1 aromatic carbocycles. The second-order valence-corrected chi connectivity index (χ2v) is 2.75. The molecule has 10 heavy (non-hydrogen) atoms. The normalized spacial score (nSPS) is 10.3. The topological polar surface area (TPSA) is 22.3 Å². The van der Waals surface area contributed by atoms with E-state index in [1.54, 1.807) is 12.1 Å². The Morgan fingerprint density at radius 2 is 1.60 bits per heavy atom. The van der Waals surface area contributed by atoms with E-state index in [-0.39, 0.29) is 0 Å². The fraction of sp³-hybridized carbons (Fsp3) is 0.333. The number of hydrogen-bond donors (Lipinski definition) is 0. The first kappa shape index (κ1) is 7.13. The third-order valence-corrected chi connectivity index (χ3v) is 1.56. The van der Waals surface area contributed by atoms with E-state index >= 15 is 0 Å². The van der Waals surface area contributed by atoms with Crippen LogP contribution in [0.2, 0.25) is 0 Å². The van der Waals surface area contributed by atoms with Crippen LogP contribution in [0.4, 0.5) is 5.69 Å². The maximum atomic E-state index is 8.94. The summed E-state index contributed by atoms with van der Waals surface area (Å²) in [4.78, 5) is 0. The minimum absolute atomic E-state index is 0.337. The lowest BCUT2D eigenvalue weighted by Crippen LogP contribution is -1.84. The third-order valence-electron chi connectivity index (χ3n) is 1.56. The Morgan fingerprint density at radius 1 is 1.10 bits per heavy atom. The van der Waals surface area contributed by atoms with Crippen LogP contribution in [-0.2, 0) is 0 Å². The van der Waals surface area contributed by atoms with Gasteiger partial charge in [0.1, 0.15) is 0 Å². The maximum absolute atomic E-state index is 8.94. The van der Waals surface area contributed by atoms with Gasteiger partial charge in [-0.05, 0) is 23.6 Å². The van der Waals surface area contributed by atoms with Crippen molar-refractivity contribution in [2.24, 2.45) is 0 Å². The van der Waals surface area contributed by atoms with Crippen molar-refractivity contribution < 1.29 is 0 Å². The molecule has 52 valence electrons. The van der Waals surface area contributed by atoms with Crippen LogP contribution in [0.3, 0.4) is 0 Å². The van der Waals surface area contributed by atoms with Crippen molar-refractivity contribution in [3.8, 4) is 0 Å². The van der Waals surface area contributed by atoms with Gasteiger partial charge in [0.2, 0.25) is 0 Å². The van der Waals surface area contributed by atoms with Gasteiger partial charge in [-0.1, -0.05) is 26.0 Å². The number of benzene rings is 1. The molecule has 0 spiro atoms. The quantitative estimate of drug-likeness (QED) is 0.561. The highest BCUT2D eigenvalue weighted by molar-refractivity contribution is 5.36. The van der Waals surface area contributed by atoms with Gasteiger partial charge in [0.25, 0.3) is 0 Å². The Balaban J connectivity index is 2.89. The Labute approximate surface area is 61.9 Å². The lowest BCUT2D eigenvalue weighted by Gasteiger charge is -2.02. The molecule has 0 saturated heterocycles. The van der Waals surface area contributed by atoms with Crippen molar-refractivity contribution in [1.82, 2.24) is 5.73 Å². The molecule has 0 aliphatic carbocycles. The van der Waals surface area contributed by atoms with Gasteiger partial charge in [0.05, 0.1) is 5.69 Å². The van der Waals surface area contributed by atoms with Gasteiger partial charge in [0, 0.05) is 0 Å². The lowest BCUT2D eigenvalue weighted by molar-refractivity contribution is 0.867. The third kappa shape index (κ3) is 1.50. The van der Waals surface area contributed by atoms with Crippen LogP contribution in [0.5, 0.6) is 0 Å². The molecule has 1 nitrogen and oxygen atoms in total. The summed E-state index contributed by atoms with van der Waals surface area (Å²) in [6.07, 6.45) is 0. The van der Waals surface area contributed by atoms with Gasteiger partial charge in [-0.2, -0.15) is 5.73 Å². The summed E-state index contributed by atoms with van der Waals surface area (Å²) < 4.78 is 0. The lowest BCUT2D eigenvalue weighted by atomic mass is 10.0. The molecule has 0 unspecified atom stereocenters. The molecule has 0 aliphatic rings. The average Bonchev–Trinajstić information content (AvgIpc) is 1.88. The molecule has 0 amide bonds. The second-order valence-electron chi connectivity index (χ2n) is 2.75. The van der Waals surface area contributed by atoms with Crippen LogP contribution >= 0.6 is 0 Å². The fourth-order valence-corrected chi connectivity index (χ4v) is 0.859. The first-order valence-corrected chi connectivity index (χ1v) is 3.49. The summed E-state index contributed by atoms with van der Waals surface area (Å²) in [5, 5.41) is 0. The largest absolute Gasteiger partial charge is 0.151 e. The molecule has 1 heteroatoms. The zero-order chi connectivity index (χ0) is 7.56. The van der Waals surface area contributed by atoms with Crippen molar-refractivity contribution >= 4 is 5.69 Å². The molecule has 0 saturated carbocycles. The Hall–Kier alpha value is -0.980. The monoisotopic (exact) mass is 133 g/mol. The first-order valence-electron chi connectivity index (χ1n) is 3.49. The van der Waals surface area contributed by atoms with Crippen LogP contribution in [0.15, 0.2) is 24.3 Å². The molecule has 2 radical (unpaired) electrons. The molecule has 0 aliphatic heterocycles. The van der Waals surface area contributed by atoms with E-state index in [9.17, 15) is 0 Å². The molecular formula is C9H11N. The molecule has 0 fully saturated rings. The standard InChI is InChI=1S/C9H11N/c1-7(2)8-3-5-9(10)6-4-8/h3-7H,1-2H3. The number of hydrogen-bond acceptors (Lipinski definition) is 0. The maximum Gasteiger partial charge on any atom is 0.0857 e. The van der Waals surface area contributed by atoms with Crippen molar-refractivity contribution in [3.63, 3.8) is 0 Å².